The second-order valence-corrected chi connectivity index (χ2v) is 17.6. The van der Waals surface area contributed by atoms with Crippen molar-refractivity contribution in [2.24, 2.45) is 0 Å². The number of hydrogen-bond donors (Lipinski definition) is 0. The summed E-state index contributed by atoms with van der Waals surface area (Å²) in [6.07, 6.45) is -2.70. The maximum atomic E-state index is 10.0. The summed E-state index contributed by atoms with van der Waals surface area (Å²) in [5, 5.41) is -0.226. The van der Waals surface area contributed by atoms with Gasteiger partial charge in [-0.1, -0.05) is 194 Å². The summed E-state index contributed by atoms with van der Waals surface area (Å²) < 4.78 is 191. The van der Waals surface area contributed by atoms with Crippen molar-refractivity contribution in [2.45, 2.75) is 24.9 Å². The zero-order valence-electron chi connectivity index (χ0n) is 58.1. The SMILES string of the molecule is [2H]c1c([2H])c([2H])c2c(c1[2H])C([2H])C(c1ccccc1)N2c1cc(-c2cc(N3c4c([2H])c([2H])c([2H])c([2H])c4C([2H])C3c3ccccc3)cc(-n3c(-c4ccccc4)c([2H])c4c([2H])c([2H])c([2H])c([2H])c43)c2)cc(-n2c(-c3ccccc3)c([2H])c3c([2H])c([2H])c([2H])c([2H])c32)c1. The van der Waals surface area contributed by atoms with E-state index in [4.69, 9.17) is 11.0 Å². The van der Waals surface area contributed by atoms with Crippen LogP contribution in [0.3, 0.4) is 0 Å². The number of nitrogens with zero attached hydrogens (tertiary/aromatic N) is 4. The molecule has 0 saturated carbocycles. The molecular weight excluding hydrogens is 873 g/mol. The zero-order chi connectivity index (χ0) is 64.9. The molecule has 0 bridgehead atoms. The summed E-state index contributed by atoms with van der Waals surface area (Å²) in [4.78, 5) is 3.31. The van der Waals surface area contributed by atoms with Crippen molar-refractivity contribution in [1.29, 1.82) is 0 Å². The minimum absolute atomic E-state index is 0.00196. The Kier molecular flexibility index (Phi) is 6.32. The van der Waals surface area contributed by atoms with Crippen LogP contribution in [-0.4, -0.2) is 9.13 Å². The van der Waals surface area contributed by atoms with Gasteiger partial charge in [-0.05, 0) is 130 Å². The highest BCUT2D eigenvalue weighted by molar-refractivity contribution is 5.93. The van der Waals surface area contributed by atoms with E-state index in [9.17, 15) is 16.4 Å². The lowest BCUT2D eigenvalue weighted by Crippen LogP contribution is -2.20. The maximum absolute atomic E-state index is 10.0. The molecule has 4 heterocycles. The summed E-state index contributed by atoms with van der Waals surface area (Å²) in [6, 6.07) is 34.5. The van der Waals surface area contributed by atoms with E-state index in [-0.39, 0.29) is 102 Å². The lowest BCUT2D eigenvalue weighted by atomic mass is 9.98. The Morgan fingerprint density at radius 2 is 0.722 bits per heavy atom. The quantitative estimate of drug-likeness (QED) is 0.143. The Bertz CT molecular complexity index is 4780. The van der Waals surface area contributed by atoms with Gasteiger partial charge in [0, 0.05) is 47.6 Å². The summed E-state index contributed by atoms with van der Waals surface area (Å²) >= 11 is 0. The van der Waals surface area contributed by atoms with Crippen LogP contribution in [0.15, 0.2) is 266 Å². The summed E-state index contributed by atoms with van der Waals surface area (Å²) in [5.74, 6) is 0. The molecule has 4 heteroatoms. The highest BCUT2D eigenvalue weighted by atomic mass is 15.2. The number of para-hydroxylation sites is 4. The van der Waals surface area contributed by atoms with Gasteiger partial charge in [-0.3, -0.25) is 0 Å². The van der Waals surface area contributed by atoms with Crippen LogP contribution < -0.4 is 9.80 Å². The fourth-order valence-corrected chi connectivity index (χ4v) is 10.2. The molecule has 2 aliphatic heterocycles. The molecule has 342 valence electrons. The first kappa shape index (κ1) is 26.2. The van der Waals surface area contributed by atoms with E-state index < -0.39 is 122 Å². The lowest BCUT2D eigenvalue weighted by molar-refractivity contribution is 0.742. The van der Waals surface area contributed by atoms with E-state index in [2.05, 4.69) is 0 Å². The van der Waals surface area contributed by atoms with E-state index in [1.54, 1.807) is 177 Å². The minimum atomic E-state index is -1.35. The second-order valence-electron chi connectivity index (χ2n) is 17.6. The van der Waals surface area contributed by atoms with Gasteiger partial charge in [0.15, 0.2) is 0 Å². The van der Waals surface area contributed by atoms with Gasteiger partial charge in [0.05, 0.1) is 59.2 Å². The van der Waals surface area contributed by atoms with Crippen LogP contribution in [0.5, 0.6) is 0 Å². The predicted molar refractivity (Wildman–Crippen MR) is 299 cm³/mol. The fourth-order valence-electron chi connectivity index (χ4n) is 10.2. The molecule has 0 amide bonds. The van der Waals surface area contributed by atoms with E-state index >= 15 is 0 Å². The predicted octanol–water partition coefficient (Wildman–Crippen LogP) is 17.4. The third-order valence-corrected chi connectivity index (χ3v) is 13.4. The smallest absolute Gasteiger partial charge is 0.0652 e. The molecule has 0 aliphatic carbocycles. The van der Waals surface area contributed by atoms with E-state index in [0.717, 1.165) is 0 Å². The van der Waals surface area contributed by atoms with Crippen LogP contribution in [0, 0.1) is 0 Å². The van der Waals surface area contributed by atoms with Gasteiger partial charge in [-0.2, -0.15) is 0 Å². The number of benzene rings is 10. The van der Waals surface area contributed by atoms with Gasteiger partial charge < -0.3 is 18.9 Å². The molecule has 72 heavy (non-hydrogen) atoms. The Hall–Kier alpha value is -9.12. The van der Waals surface area contributed by atoms with Gasteiger partial charge in [-0.25, -0.2) is 0 Å². The maximum Gasteiger partial charge on any atom is 0.0652 e. The highest BCUT2D eigenvalue weighted by Crippen LogP contribution is 2.50. The Morgan fingerprint density at radius 3 is 1.15 bits per heavy atom. The zero-order valence-corrected chi connectivity index (χ0v) is 38.1. The number of hydrogen-bond acceptors (Lipinski definition) is 2. The average molecular weight is 943 g/mol. The van der Waals surface area contributed by atoms with E-state index in [0.29, 0.717) is 22.3 Å². The van der Waals surface area contributed by atoms with Gasteiger partial charge >= 0.3 is 0 Å². The number of anilines is 4. The van der Waals surface area contributed by atoms with Crippen molar-refractivity contribution in [3.05, 3.63) is 289 Å². The summed E-state index contributed by atoms with van der Waals surface area (Å²) in [6.45, 7) is 0. The van der Waals surface area contributed by atoms with Crippen LogP contribution in [-0.2, 0) is 12.8 Å². The molecule has 4 nitrogen and oxygen atoms in total. The molecular formula is C68H50N4. The van der Waals surface area contributed by atoms with Crippen LogP contribution in [0.2, 0.25) is 0 Å². The third-order valence-electron chi connectivity index (χ3n) is 13.4. The topological polar surface area (TPSA) is 16.3 Å². The molecule has 4 atom stereocenters. The van der Waals surface area contributed by atoms with Crippen molar-refractivity contribution in [2.75, 3.05) is 9.80 Å². The largest absolute Gasteiger partial charge is 0.333 e. The highest BCUT2D eigenvalue weighted by Gasteiger charge is 2.34. The summed E-state index contributed by atoms with van der Waals surface area (Å²) in [5.41, 5.74) is 3.27. The molecule has 2 aliphatic rings. The van der Waals surface area contributed by atoms with Crippen LogP contribution in [0.25, 0.3) is 66.8 Å². The first-order chi connectivity index (χ1) is 44.0. The van der Waals surface area contributed by atoms with Crippen LogP contribution in [0.4, 0.5) is 22.7 Å². The van der Waals surface area contributed by atoms with Gasteiger partial charge in [0.2, 0.25) is 0 Å². The van der Waals surface area contributed by atoms with Crippen LogP contribution in [0.1, 0.15) is 61.8 Å². The third kappa shape index (κ3) is 7.14. The van der Waals surface area contributed by atoms with Crippen molar-refractivity contribution in [1.82, 2.24) is 9.13 Å². The molecule has 12 aromatic rings. The van der Waals surface area contributed by atoms with E-state index in [1.807, 2.05) is 0 Å². The molecule has 4 unspecified atom stereocenters. The number of aromatic nitrogens is 2. The second kappa shape index (κ2) is 17.4. The van der Waals surface area contributed by atoms with Crippen LogP contribution >= 0.6 is 0 Å². The first-order valence-electron chi connectivity index (χ1n) is 33.6. The van der Waals surface area contributed by atoms with Crippen molar-refractivity contribution >= 4 is 44.6 Å². The lowest BCUT2D eigenvalue weighted by Gasteiger charge is -2.31. The molecule has 0 fully saturated rings. The Labute approximate surface area is 448 Å². The van der Waals surface area contributed by atoms with Gasteiger partial charge in [-0.15, -0.1) is 0 Å². The van der Waals surface area contributed by atoms with Gasteiger partial charge in [0.25, 0.3) is 0 Å². The van der Waals surface area contributed by atoms with Gasteiger partial charge in [0.1, 0.15) is 0 Å². The van der Waals surface area contributed by atoms with Crippen molar-refractivity contribution < 1.29 is 27.4 Å². The molecule has 0 N–H and O–H groups in total. The normalized spacial score (nSPS) is 21.0. The standard InChI is InChI=1S/C68H50N4/c1-5-21-47(22-6-1)65-41-51-29-13-17-33-61(51)69(65)57-37-55(38-58(45-57)70-62-34-18-14-30-52(62)42-66(70)48-23-7-2-8-24-48)56-39-59(71-63-35-19-15-31-53(63)43-67(71)49-25-9-3-10-26-49)46-60(40-56)72-64-36-20-16-32-54(64)44-68(72)50-27-11-4-12-28-50/h1-41,43,45-46,66,68H,42,44H2/i13D,14D,15D,16D,17D,18D,19D,20D,29D,30D,31D,32D,33D,34D,35D,36D,41D,42D,43D,44D. The van der Waals surface area contributed by atoms with E-state index in [1.165, 1.54) is 0 Å². The average Bonchev–Trinajstić information content (AvgIpc) is 1.57. The number of fused-ring (bicyclic) bond motifs is 4. The molecule has 2 aromatic heterocycles. The van der Waals surface area contributed by atoms with Crippen molar-refractivity contribution in [3.63, 3.8) is 0 Å². The Morgan fingerprint density at radius 1 is 0.361 bits per heavy atom. The monoisotopic (exact) mass is 943 g/mol. The first-order valence-corrected chi connectivity index (χ1v) is 23.4. The number of rotatable bonds is 9. The molecule has 0 radical (unpaired) electrons. The molecule has 14 rings (SSSR count). The van der Waals surface area contributed by atoms with Crippen molar-refractivity contribution in [3.8, 4) is 45.0 Å². The molecule has 0 saturated heterocycles. The Balaban J connectivity index is 1.18. The molecule has 0 spiro atoms. The minimum Gasteiger partial charge on any atom is -0.333 e. The summed E-state index contributed by atoms with van der Waals surface area (Å²) in [7, 11) is 0. The fraction of sp³-hybridized carbons (Fsp3) is 0.0588. The molecule has 10 aromatic carbocycles.